The Morgan fingerprint density at radius 1 is 1.48 bits per heavy atom. The molecule has 1 amide bonds. The van der Waals surface area contributed by atoms with Crippen molar-refractivity contribution in [1.82, 2.24) is 19.4 Å². The maximum Gasteiger partial charge on any atom is 0.434 e. The first-order valence-corrected chi connectivity index (χ1v) is 7.78. The predicted molar refractivity (Wildman–Crippen MR) is 81.6 cm³/mol. The summed E-state index contributed by atoms with van der Waals surface area (Å²) in [6, 6.07) is 3.41. The van der Waals surface area contributed by atoms with Gasteiger partial charge in [-0.25, -0.2) is 4.98 Å². The van der Waals surface area contributed by atoms with E-state index in [4.69, 9.17) is 5.26 Å². The lowest BCUT2D eigenvalue weighted by molar-refractivity contribution is -0.141. The molecular weight excluding hydrogens is 335 g/mol. The highest BCUT2D eigenvalue weighted by molar-refractivity contribution is 5.93. The van der Waals surface area contributed by atoms with Gasteiger partial charge in [-0.05, 0) is 18.9 Å². The summed E-state index contributed by atoms with van der Waals surface area (Å²) >= 11 is 0. The Bertz CT molecular complexity index is 830. The van der Waals surface area contributed by atoms with Crippen LogP contribution >= 0.6 is 0 Å². The average Bonchev–Trinajstić information content (AvgIpc) is 3.20. The normalized spacial score (nSPS) is 18.2. The third kappa shape index (κ3) is 3.38. The molecule has 0 aliphatic carbocycles. The number of amides is 1. The maximum absolute atomic E-state index is 12.8. The molecule has 1 fully saturated rings. The van der Waals surface area contributed by atoms with Crippen LogP contribution in [0.15, 0.2) is 18.5 Å². The number of nitrogens with one attached hydrogen (secondary N) is 1. The fourth-order valence-corrected chi connectivity index (χ4v) is 3.12. The molecule has 2 aromatic rings. The smallest absolute Gasteiger partial charge is 0.356 e. The van der Waals surface area contributed by atoms with E-state index in [1.54, 1.807) is 4.90 Å². The second kappa shape index (κ2) is 6.27. The molecule has 1 N–H and O–H groups in total. The molecule has 1 saturated heterocycles. The van der Waals surface area contributed by atoms with Crippen molar-refractivity contribution < 1.29 is 18.0 Å². The molecule has 0 saturated carbocycles. The molecule has 3 rings (SSSR count). The quantitative estimate of drug-likeness (QED) is 0.904. The van der Waals surface area contributed by atoms with Gasteiger partial charge in [0.05, 0.1) is 5.56 Å². The first-order valence-electron chi connectivity index (χ1n) is 7.78. The minimum absolute atomic E-state index is 0.260. The molecule has 2 aromatic heterocycles. The summed E-state index contributed by atoms with van der Waals surface area (Å²) in [6.07, 6.45) is -0.724. The number of hydrogen-bond donors (Lipinski definition) is 1. The van der Waals surface area contributed by atoms with E-state index in [1.165, 1.54) is 23.9 Å². The van der Waals surface area contributed by atoms with Gasteiger partial charge in [-0.15, -0.1) is 0 Å². The molecule has 25 heavy (non-hydrogen) atoms. The van der Waals surface area contributed by atoms with Crippen LogP contribution in [0.3, 0.4) is 0 Å². The summed E-state index contributed by atoms with van der Waals surface area (Å²) in [5.41, 5.74) is -0.264. The Morgan fingerprint density at radius 2 is 2.24 bits per heavy atom. The van der Waals surface area contributed by atoms with Gasteiger partial charge in [-0.2, -0.15) is 18.4 Å². The Kier molecular flexibility index (Phi) is 4.29. The van der Waals surface area contributed by atoms with E-state index >= 15 is 0 Å². The zero-order valence-electron chi connectivity index (χ0n) is 13.5. The van der Waals surface area contributed by atoms with Crippen molar-refractivity contribution in [2.24, 2.45) is 7.05 Å². The number of imidazole rings is 1. The average molecular weight is 351 g/mol. The molecule has 0 radical (unpaired) electrons. The Hall–Kier alpha value is -2.76. The number of rotatable bonds is 2. The molecule has 0 spiro atoms. The molecule has 1 aliphatic heterocycles. The number of likely N-dealkylation sites (tertiary alicyclic amines) is 1. The van der Waals surface area contributed by atoms with Gasteiger partial charge in [0.25, 0.3) is 5.91 Å². The van der Waals surface area contributed by atoms with Crippen LogP contribution in [0.25, 0.3) is 0 Å². The number of alkyl halides is 3. The number of nitrogens with zero attached hydrogens (tertiary/aromatic N) is 4. The highest BCUT2D eigenvalue weighted by atomic mass is 19.4. The first kappa shape index (κ1) is 17.1. The number of hydrogen-bond acceptors (Lipinski definition) is 3. The molecular formula is C16H16F3N5O. The van der Waals surface area contributed by atoms with E-state index in [0.717, 1.165) is 6.20 Å². The van der Waals surface area contributed by atoms with E-state index in [-0.39, 0.29) is 11.8 Å². The lowest BCUT2D eigenvalue weighted by Gasteiger charge is -2.32. The zero-order chi connectivity index (χ0) is 18.2. The molecule has 1 atom stereocenters. The predicted octanol–water partition coefficient (Wildman–Crippen LogP) is 2.66. The minimum atomic E-state index is -4.49. The highest BCUT2D eigenvalue weighted by Gasteiger charge is 2.36. The minimum Gasteiger partial charge on any atom is -0.356 e. The zero-order valence-corrected chi connectivity index (χ0v) is 13.5. The topological polar surface area (TPSA) is 77.7 Å². The van der Waals surface area contributed by atoms with Crippen LogP contribution in [0.1, 0.15) is 46.3 Å². The largest absolute Gasteiger partial charge is 0.434 e. The van der Waals surface area contributed by atoms with Gasteiger partial charge in [0.2, 0.25) is 0 Å². The van der Waals surface area contributed by atoms with Gasteiger partial charge in [-0.1, -0.05) is 0 Å². The van der Waals surface area contributed by atoms with Crippen LogP contribution in [0.4, 0.5) is 13.2 Å². The second-order valence-corrected chi connectivity index (χ2v) is 6.10. The van der Waals surface area contributed by atoms with Gasteiger partial charge in [0, 0.05) is 38.4 Å². The van der Waals surface area contributed by atoms with Gasteiger partial charge in [-0.3, -0.25) is 4.79 Å². The number of piperidine rings is 1. The summed E-state index contributed by atoms with van der Waals surface area (Å²) in [5.74, 6) is -0.199. The van der Waals surface area contributed by atoms with Crippen molar-refractivity contribution in [3.63, 3.8) is 0 Å². The molecule has 3 heterocycles. The number of H-pyrrole nitrogens is 1. The summed E-state index contributed by atoms with van der Waals surface area (Å²) in [6.45, 7) is 0.814. The fourth-order valence-electron chi connectivity index (χ4n) is 3.12. The molecule has 0 bridgehead atoms. The summed E-state index contributed by atoms with van der Waals surface area (Å²) in [4.78, 5) is 20.6. The number of aromatic nitrogens is 3. The van der Waals surface area contributed by atoms with Crippen molar-refractivity contribution in [2.45, 2.75) is 24.9 Å². The second-order valence-electron chi connectivity index (χ2n) is 6.10. The summed E-state index contributed by atoms with van der Waals surface area (Å²) in [7, 11) is 1.53. The van der Waals surface area contributed by atoms with Crippen LogP contribution in [0, 0.1) is 11.3 Å². The third-order valence-electron chi connectivity index (χ3n) is 4.32. The van der Waals surface area contributed by atoms with Crippen molar-refractivity contribution >= 4 is 5.91 Å². The van der Waals surface area contributed by atoms with Gasteiger partial charge in [0.1, 0.15) is 17.6 Å². The number of carbonyl (C=O) groups excluding carboxylic acids is 1. The highest BCUT2D eigenvalue weighted by Crippen LogP contribution is 2.32. The number of nitriles is 1. The van der Waals surface area contributed by atoms with Crippen LogP contribution in [-0.4, -0.2) is 38.4 Å². The summed E-state index contributed by atoms with van der Waals surface area (Å²) < 4.78 is 39.9. The molecule has 6 nitrogen and oxygen atoms in total. The number of aryl methyl sites for hydroxylation is 1. The summed E-state index contributed by atoms with van der Waals surface area (Å²) in [5, 5.41) is 8.83. The Labute approximate surface area is 141 Å². The lowest BCUT2D eigenvalue weighted by atomic mass is 9.97. The van der Waals surface area contributed by atoms with Gasteiger partial charge in [0.15, 0.2) is 5.69 Å². The van der Waals surface area contributed by atoms with Crippen molar-refractivity contribution in [1.29, 1.82) is 5.26 Å². The molecule has 1 aliphatic rings. The van der Waals surface area contributed by atoms with Crippen LogP contribution < -0.4 is 0 Å². The number of halogens is 3. The molecule has 0 unspecified atom stereocenters. The lowest BCUT2D eigenvalue weighted by Crippen LogP contribution is -2.39. The molecule has 0 aromatic carbocycles. The number of aromatic amines is 1. The monoisotopic (exact) mass is 351 g/mol. The maximum atomic E-state index is 12.8. The van der Waals surface area contributed by atoms with Gasteiger partial charge >= 0.3 is 6.18 Å². The van der Waals surface area contributed by atoms with Crippen molar-refractivity contribution in [3.05, 3.63) is 41.2 Å². The SMILES string of the molecule is Cn1cc(C(F)(F)F)nc1[C@H]1CCCN(C(=O)c2cc(C#N)c[nH]2)C1. The molecule has 9 heteroatoms. The first-order chi connectivity index (χ1) is 11.8. The van der Waals surface area contributed by atoms with E-state index in [2.05, 4.69) is 9.97 Å². The van der Waals surface area contributed by atoms with Crippen molar-refractivity contribution in [2.75, 3.05) is 13.1 Å². The standard InChI is InChI=1S/C16H16F3N5O/c1-23-9-13(16(17,18)19)22-14(23)11-3-2-4-24(8-11)15(25)12-5-10(6-20)7-21-12/h5,7,9,11,21H,2-4,8H2,1H3/t11-/m0/s1. The van der Waals surface area contributed by atoms with Crippen LogP contribution in [0.2, 0.25) is 0 Å². The van der Waals surface area contributed by atoms with E-state index in [0.29, 0.717) is 43.0 Å². The number of carbonyl (C=O) groups is 1. The third-order valence-corrected chi connectivity index (χ3v) is 4.32. The van der Waals surface area contributed by atoms with Gasteiger partial charge < -0.3 is 14.5 Å². The van der Waals surface area contributed by atoms with Crippen LogP contribution in [-0.2, 0) is 13.2 Å². The van der Waals surface area contributed by atoms with Crippen molar-refractivity contribution in [3.8, 4) is 6.07 Å². The Morgan fingerprint density at radius 3 is 2.84 bits per heavy atom. The van der Waals surface area contributed by atoms with E-state index in [1.807, 2.05) is 6.07 Å². The van der Waals surface area contributed by atoms with E-state index in [9.17, 15) is 18.0 Å². The fraction of sp³-hybridized carbons (Fsp3) is 0.438. The Balaban J connectivity index is 1.78. The molecule has 132 valence electrons. The van der Waals surface area contributed by atoms with Crippen LogP contribution in [0.5, 0.6) is 0 Å². The van der Waals surface area contributed by atoms with E-state index < -0.39 is 11.9 Å².